The average Bonchev–Trinajstić information content (AvgIpc) is 3.13. The molecule has 1 atom stereocenters. The SMILES string of the molecule is Cc1ccc(C2=C[C@@H](c3cc(Br)ccc3OC(F)F)n3c(nc4ccccc43)N2)cc1. The third-order valence-electron chi connectivity index (χ3n) is 5.31. The van der Waals surface area contributed by atoms with Crippen molar-refractivity contribution in [3.63, 3.8) is 0 Å². The Hall–Kier alpha value is -3.19. The topological polar surface area (TPSA) is 39.1 Å². The molecule has 0 bridgehead atoms. The minimum absolute atomic E-state index is 0.133. The second kappa shape index (κ2) is 7.81. The number of para-hydroxylation sites is 2. The van der Waals surface area contributed by atoms with Crippen LogP contribution in [-0.4, -0.2) is 16.2 Å². The molecule has 2 heterocycles. The van der Waals surface area contributed by atoms with Crippen molar-refractivity contribution in [2.24, 2.45) is 0 Å². The van der Waals surface area contributed by atoms with Crippen molar-refractivity contribution < 1.29 is 13.5 Å². The Morgan fingerprint density at radius 3 is 2.61 bits per heavy atom. The summed E-state index contributed by atoms with van der Waals surface area (Å²) in [6, 6.07) is 20.6. The van der Waals surface area contributed by atoms with Gasteiger partial charge >= 0.3 is 6.61 Å². The predicted molar refractivity (Wildman–Crippen MR) is 121 cm³/mol. The van der Waals surface area contributed by atoms with Gasteiger partial charge in [0.2, 0.25) is 5.95 Å². The quantitative estimate of drug-likeness (QED) is 0.349. The molecule has 4 nitrogen and oxygen atoms in total. The number of imidazole rings is 1. The summed E-state index contributed by atoms with van der Waals surface area (Å²) in [6.45, 7) is -0.884. The molecule has 0 radical (unpaired) electrons. The number of aryl methyl sites for hydroxylation is 1. The van der Waals surface area contributed by atoms with E-state index in [0.717, 1.165) is 32.3 Å². The molecule has 0 saturated heterocycles. The fraction of sp³-hybridized carbons (Fsp3) is 0.125. The summed E-state index contributed by atoms with van der Waals surface area (Å²) >= 11 is 3.47. The number of ether oxygens (including phenoxy) is 1. The first-order chi connectivity index (χ1) is 15.0. The second-order valence-corrected chi connectivity index (χ2v) is 8.29. The van der Waals surface area contributed by atoms with Gasteiger partial charge in [0.15, 0.2) is 0 Å². The second-order valence-electron chi connectivity index (χ2n) is 7.37. The highest BCUT2D eigenvalue weighted by atomic mass is 79.9. The number of anilines is 1. The van der Waals surface area contributed by atoms with Crippen LogP contribution in [0.3, 0.4) is 0 Å². The smallest absolute Gasteiger partial charge is 0.387 e. The van der Waals surface area contributed by atoms with Crippen LogP contribution in [0.25, 0.3) is 16.7 Å². The van der Waals surface area contributed by atoms with Gasteiger partial charge in [0.05, 0.1) is 17.1 Å². The molecular weight excluding hydrogens is 464 g/mol. The summed E-state index contributed by atoms with van der Waals surface area (Å²) in [5.41, 5.74) is 5.34. The van der Waals surface area contributed by atoms with Gasteiger partial charge in [-0.1, -0.05) is 57.9 Å². The molecule has 3 aromatic carbocycles. The molecule has 0 amide bonds. The molecule has 0 spiro atoms. The molecule has 1 aliphatic rings. The molecule has 5 rings (SSSR count). The van der Waals surface area contributed by atoms with Crippen LogP contribution in [0.1, 0.15) is 22.7 Å². The summed E-state index contributed by atoms with van der Waals surface area (Å²) in [7, 11) is 0. The van der Waals surface area contributed by atoms with Gasteiger partial charge in [0.25, 0.3) is 0 Å². The van der Waals surface area contributed by atoms with Gasteiger partial charge in [-0.2, -0.15) is 8.78 Å². The molecule has 0 saturated carbocycles. The third kappa shape index (κ3) is 3.70. The van der Waals surface area contributed by atoms with E-state index in [4.69, 9.17) is 9.72 Å². The summed E-state index contributed by atoms with van der Waals surface area (Å²) in [6.07, 6.45) is 2.02. The van der Waals surface area contributed by atoms with Crippen LogP contribution in [0.2, 0.25) is 0 Å². The molecule has 1 aromatic heterocycles. The lowest BCUT2D eigenvalue weighted by Gasteiger charge is -2.28. The number of hydrogen-bond acceptors (Lipinski definition) is 3. The van der Waals surface area contributed by atoms with Crippen LogP contribution in [0, 0.1) is 6.92 Å². The summed E-state index contributed by atoms with van der Waals surface area (Å²) < 4.78 is 34.0. The summed E-state index contributed by atoms with van der Waals surface area (Å²) in [5.74, 6) is 0.778. The van der Waals surface area contributed by atoms with Crippen molar-refractivity contribution in [3.8, 4) is 5.75 Å². The molecule has 156 valence electrons. The Morgan fingerprint density at radius 2 is 1.84 bits per heavy atom. The first-order valence-electron chi connectivity index (χ1n) is 9.77. The molecule has 0 unspecified atom stereocenters. The van der Waals surface area contributed by atoms with E-state index in [1.807, 2.05) is 72.2 Å². The number of fused-ring (bicyclic) bond motifs is 3. The number of allylic oxidation sites excluding steroid dienone is 1. The highest BCUT2D eigenvalue weighted by molar-refractivity contribution is 9.10. The normalized spacial score (nSPS) is 15.5. The fourth-order valence-electron chi connectivity index (χ4n) is 3.89. The zero-order chi connectivity index (χ0) is 21.5. The van der Waals surface area contributed by atoms with Crippen LogP contribution in [-0.2, 0) is 0 Å². The van der Waals surface area contributed by atoms with Crippen molar-refractivity contribution in [2.75, 3.05) is 5.32 Å². The largest absolute Gasteiger partial charge is 0.434 e. The average molecular weight is 482 g/mol. The van der Waals surface area contributed by atoms with Gasteiger partial charge in [-0.25, -0.2) is 4.98 Å². The fourth-order valence-corrected chi connectivity index (χ4v) is 4.27. The number of halogens is 3. The van der Waals surface area contributed by atoms with E-state index in [0.29, 0.717) is 11.5 Å². The number of benzene rings is 3. The molecule has 4 aromatic rings. The van der Waals surface area contributed by atoms with Crippen LogP contribution >= 0.6 is 15.9 Å². The maximum atomic E-state index is 13.2. The summed E-state index contributed by atoms with van der Waals surface area (Å²) in [4.78, 5) is 4.75. The van der Waals surface area contributed by atoms with Gasteiger partial charge < -0.3 is 10.1 Å². The number of nitrogens with zero attached hydrogens (tertiary/aromatic N) is 2. The minimum atomic E-state index is -2.92. The number of aromatic nitrogens is 2. The van der Waals surface area contributed by atoms with Crippen molar-refractivity contribution in [1.29, 1.82) is 0 Å². The van der Waals surface area contributed by atoms with Crippen molar-refractivity contribution in [1.82, 2.24) is 9.55 Å². The minimum Gasteiger partial charge on any atom is -0.434 e. The first-order valence-corrected chi connectivity index (χ1v) is 10.6. The molecule has 31 heavy (non-hydrogen) atoms. The summed E-state index contributed by atoms with van der Waals surface area (Å²) in [5, 5.41) is 3.41. The Kier molecular flexibility index (Phi) is 4.98. The lowest BCUT2D eigenvalue weighted by atomic mass is 9.99. The molecule has 1 aliphatic heterocycles. The predicted octanol–water partition coefficient (Wildman–Crippen LogP) is 6.76. The van der Waals surface area contributed by atoms with Gasteiger partial charge in [0.1, 0.15) is 5.75 Å². The lowest BCUT2D eigenvalue weighted by Crippen LogP contribution is -2.20. The van der Waals surface area contributed by atoms with Gasteiger partial charge in [-0.05, 0) is 48.9 Å². The van der Waals surface area contributed by atoms with E-state index in [2.05, 4.69) is 21.2 Å². The van der Waals surface area contributed by atoms with Gasteiger partial charge in [-0.3, -0.25) is 4.57 Å². The van der Waals surface area contributed by atoms with Crippen molar-refractivity contribution in [3.05, 3.63) is 94.0 Å². The monoisotopic (exact) mass is 481 g/mol. The highest BCUT2D eigenvalue weighted by Gasteiger charge is 2.28. The number of hydrogen-bond donors (Lipinski definition) is 1. The number of rotatable bonds is 4. The third-order valence-corrected chi connectivity index (χ3v) is 5.81. The van der Waals surface area contributed by atoms with E-state index in [9.17, 15) is 8.78 Å². The van der Waals surface area contributed by atoms with E-state index >= 15 is 0 Å². The standard InChI is InChI=1S/C24H18BrF2N3O/c1-14-6-8-15(9-7-14)19-13-21(17-12-16(25)10-11-22(17)31-23(26)27)30-20-5-3-2-4-18(20)28-24(30)29-19/h2-13,21,23H,1H3,(H,28,29)/t21-/m0/s1. The highest BCUT2D eigenvalue weighted by Crippen LogP contribution is 2.41. The molecule has 0 aliphatic carbocycles. The van der Waals surface area contributed by atoms with E-state index in [1.54, 1.807) is 12.1 Å². The van der Waals surface area contributed by atoms with E-state index in [-0.39, 0.29) is 5.75 Å². The maximum absolute atomic E-state index is 13.2. The lowest BCUT2D eigenvalue weighted by molar-refractivity contribution is -0.0505. The zero-order valence-electron chi connectivity index (χ0n) is 16.5. The molecular formula is C24H18BrF2N3O. The van der Waals surface area contributed by atoms with Crippen molar-refractivity contribution in [2.45, 2.75) is 19.6 Å². The number of alkyl halides is 2. The zero-order valence-corrected chi connectivity index (χ0v) is 18.1. The van der Waals surface area contributed by atoms with Crippen molar-refractivity contribution >= 4 is 38.6 Å². The number of nitrogens with one attached hydrogen (secondary N) is 1. The van der Waals surface area contributed by atoms with Crippen LogP contribution in [0.4, 0.5) is 14.7 Å². The van der Waals surface area contributed by atoms with E-state index < -0.39 is 12.7 Å². The Bertz CT molecular complexity index is 1300. The van der Waals surface area contributed by atoms with Gasteiger partial charge in [0, 0.05) is 15.7 Å². The maximum Gasteiger partial charge on any atom is 0.387 e. The van der Waals surface area contributed by atoms with E-state index in [1.165, 1.54) is 0 Å². The van der Waals surface area contributed by atoms with Crippen LogP contribution < -0.4 is 10.1 Å². The Labute approximate surface area is 186 Å². The first kappa shape index (κ1) is 19.8. The van der Waals surface area contributed by atoms with Crippen LogP contribution in [0.5, 0.6) is 5.75 Å². The molecule has 1 N–H and O–H groups in total. The molecule has 0 fully saturated rings. The van der Waals surface area contributed by atoms with Gasteiger partial charge in [-0.15, -0.1) is 0 Å². The van der Waals surface area contributed by atoms with Crippen LogP contribution in [0.15, 0.2) is 77.3 Å². The molecule has 7 heteroatoms. The Balaban J connectivity index is 1.74. The Morgan fingerprint density at radius 1 is 1.06 bits per heavy atom.